The molecule has 6 nitrogen and oxygen atoms in total. The molecule has 1 saturated heterocycles. The van der Waals surface area contributed by atoms with Crippen LogP contribution < -0.4 is 4.74 Å². The van der Waals surface area contributed by atoms with E-state index >= 15 is 0 Å². The van der Waals surface area contributed by atoms with Crippen molar-refractivity contribution in [3.63, 3.8) is 0 Å². The van der Waals surface area contributed by atoms with Crippen LogP contribution in [0.3, 0.4) is 0 Å². The Morgan fingerprint density at radius 2 is 2.11 bits per heavy atom. The zero-order valence-corrected chi connectivity index (χ0v) is 16.2. The first-order valence-corrected chi connectivity index (χ1v) is 9.60. The third-order valence-corrected chi connectivity index (χ3v) is 5.03. The summed E-state index contributed by atoms with van der Waals surface area (Å²) in [5, 5.41) is 4.60. The van der Waals surface area contributed by atoms with Crippen molar-refractivity contribution in [3.05, 3.63) is 65.0 Å². The monoisotopic (exact) mass is 397 g/mol. The van der Waals surface area contributed by atoms with E-state index < -0.39 is 0 Å². The Balaban J connectivity index is 1.47. The van der Waals surface area contributed by atoms with Crippen molar-refractivity contribution in [2.75, 3.05) is 13.2 Å². The van der Waals surface area contributed by atoms with E-state index in [0.29, 0.717) is 48.4 Å². The molecular formula is C21H20ClN3O3. The minimum Gasteiger partial charge on any atom is -0.494 e. The molecule has 2 aromatic carbocycles. The quantitative estimate of drug-likeness (QED) is 0.620. The van der Waals surface area contributed by atoms with Gasteiger partial charge >= 0.3 is 0 Å². The summed E-state index contributed by atoms with van der Waals surface area (Å²) in [5.41, 5.74) is 1.75. The van der Waals surface area contributed by atoms with Gasteiger partial charge in [-0.05, 0) is 36.8 Å². The van der Waals surface area contributed by atoms with E-state index in [1.807, 2.05) is 54.3 Å². The predicted octanol–water partition coefficient (Wildman–Crippen LogP) is 4.30. The van der Waals surface area contributed by atoms with Crippen LogP contribution in [0.25, 0.3) is 11.4 Å². The lowest BCUT2D eigenvalue weighted by atomic mass is 10.1. The molecule has 4 rings (SSSR count). The number of halogens is 1. The van der Waals surface area contributed by atoms with Crippen LogP contribution in [0.4, 0.5) is 0 Å². The summed E-state index contributed by atoms with van der Waals surface area (Å²) in [5.74, 6) is 1.67. The first-order valence-electron chi connectivity index (χ1n) is 9.22. The second-order valence-electron chi connectivity index (χ2n) is 6.69. The molecule has 1 aromatic heterocycles. The fourth-order valence-corrected chi connectivity index (χ4v) is 3.58. The molecule has 7 heteroatoms. The van der Waals surface area contributed by atoms with Crippen LogP contribution in [0.1, 0.15) is 30.7 Å². The van der Waals surface area contributed by atoms with Gasteiger partial charge in [-0.3, -0.25) is 4.79 Å². The average Bonchev–Trinajstić information content (AvgIpc) is 3.30. The van der Waals surface area contributed by atoms with E-state index in [-0.39, 0.29) is 11.8 Å². The maximum Gasteiger partial charge on any atom is 0.232 e. The lowest BCUT2D eigenvalue weighted by molar-refractivity contribution is -0.128. The lowest BCUT2D eigenvalue weighted by Crippen LogP contribution is -2.24. The number of ether oxygens (including phenoxy) is 1. The number of rotatable bonds is 6. The number of benzene rings is 2. The van der Waals surface area contributed by atoms with E-state index in [9.17, 15) is 4.79 Å². The predicted molar refractivity (Wildman–Crippen MR) is 105 cm³/mol. The van der Waals surface area contributed by atoms with Crippen LogP contribution in [-0.2, 0) is 11.3 Å². The number of carbonyl (C=O) groups excluding carboxylic acids is 1. The van der Waals surface area contributed by atoms with Crippen molar-refractivity contribution in [3.8, 4) is 17.1 Å². The molecule has 1 atom stereocenters. The standard InChI is InChI=1S/C21H20ClN3O3/c1-2-27-16-7-5-6-14(10-16)12-25-13-15(11-19(25)26)21-23-20(24-28-21)17-8-3-4-9-18(17)22/h3-10,15H,2,11-13H2,1H3. The summed E-state index contributed by atoms with van der Waals surface area (Å²) in [6.07, 6.45) is 0.356. The molecule has 1 aliphatic rings. The lowest BCUT2D eigenvalue weighted by Gasteiger charge is -2.16. The Kier molecular flexibility index (Phi) is 5.30. The average molecular weight is 398 g/mol. The molecule has 28 heavy (non-hydrogen) atoms. The van der Waals surface area contributed by atoms with Gasteiger partial charge in [-0.2, -0.15) is 4.98 Å². The van der Waals surface area contributed by atoms with Crippen molar-refractivity contribution in [1.29, 1.82) is 0 Å². The zero-order chi connectivity index (χ0) is 19.5. The van der Waals surface area contributed by atoms with Gasteiger partial charge in [0.2, 0.25) is 17.6 Å². The largest absolute Gasteiger partial charge is 0.494 e. The van der Waals surface area contributed by atoms with Crippen LogP contribution in [-0.4, -0.2) is 34.1 Å². The maximum absolute atomic E-state index is 12.5. The van der Waals surface area contributed by atoms with Crippen molar-refractivity contribution in [2.24, 2.45) is 0 Å². The highest BCUT2D eigenvalue weighted by atomic mass is 35.5. The number of amides is 1. The van der Waals surface area contributed by atoms with Crippen molar-refractivity contribution in [2.45, 2.75) is 25.8 Å². The van der Waals surface area contributed by atoms with E-state index in [4.69, 9.17) is 20.9 Å². The Morgan fingerprint density at radius 3 is 2.93 bits per heavy atom. The highest BCUT2D eigenvalue weighted by Gasteiger charge is 2.34. The first kappa shape index (κ1) is 18.5. The Bertz CT molecular complexity index is 988. The third kappa shape index (κ3) is 3.87. The Labute approximate surface area is 168 Å². The van der Waals surface area contributed by atoms with Gasteiger partial charge in [-0.25, -0.2) is 0 Å². The van der Waals surface area contributed by atoms with Crippen LogP contribution >= 0.6 is 11.6 Å². The first-order chi connectivity index (χ1) is 13.6. The van der Waals surface area contributed by atoms with Crippen LogP contribution in [0.15, 0.2) is 53.1 Å². The van der Waals surface area contributed by atoms with Gasteiger partial charge in [0, 0.05) is 25.1 Å². The van der Waals surface area contributed by atoms with Gasteiger partial charge in [0.15, 0.2) is 0 Å². The number of hydrogen-bond acceptors (Lipinski definition) is 5. The molecule has 1 fully saturated rings. The highest BCUT2D eigenvalue weighted by Crippen LogP contribution is 2.31. The number of carbonyl (C=O) groups is 1. The minimum absolute atomic E-state index is 0.0734. The molecule has 1 aliphatic heterocycles. The molecule has 0 N–H and O–H groups in total. The third-order valence-electron chi connectivity index (χ3n) is 4.70. The van der Waals surface area contributed by atoms with Gasteiger partial charge in [0.25, 0.3) is 0 Å². The number of nitrogens with zero attached hydrogens (tertiary/aromatic N) is 3. The van der Waals surface area contributed by atoms with Crippen molar-refractivity contribution < 1.29 is 14.1 Å². The zero-order valence-electron chi connectivity index (χ0n) is 15.5. The molecular weight excluding hydrogens is 378 g/mol. The molecule has 1 unspecified atom stereocenters. The Morgan fingerprint density at radius 1 is 1.25 bits per heavy atom. The Hall–Kier alpha value is -2.86. The van der Waals surface area contributed by atoms with Crippen molar-refractivity contribution >= 4 is 17.5 Å². The molecule has 2 heterocycles. The molecule has 1 amide bonds. The van der Waals surface area contributed by atoms with E-state index in [1.165, 1.54) is 0 Å². The summed E-state index contributed by atoms with van der Waals surface area (Å²) in [4.78, 5) is 18.8. The van der Waals surface area contributed by atoms with Gasteiger partial charge in [0.05, 0.1) is 17.5 Å². The SMILES string of the molecule is CCOc1cccc(CN2CC(c3nc(-c4ccccc4Cl)no3)CC2=O)c1. The van der Waals surface area contributed by atoms with Crippen molar-refractivity contribution in [1.82, 2.24) is 15.0 Å². The summed E-state index contributed by atoms with van der Waals surface area (Å²) >= 11 is 6.21. The van der Waals surface area contributed by atoms with Gasteiger partial charge < -0.3 is 14.2 Å². The molecule has 3 aromatic rings. The van der Waals surface area contributed by atoms with E-state index in [1.54, 1.807) is 6.07 Å². The fourth-order valence-electron chi connectivity index (χ4n) is 3.36. The smallest absolute Gasteiger partial charge is 0.232 e. The normalized spacial score (nSPS) is 16.6. The van der Waals surface area contributed by atoms with Crippen LogP contribution in [0.5, 0.6) is 5.75 Å². The molecule has 0 bridgehead atoms. The molecule has 0 radical (unpaired) electrons. The summed E-state index contributed by atoms with van der Waals surface area (Å²) in [6.45, 7) is 3.63. The number of aromatic nitrogens is 2. The van der Waals surface area contributed by atoms with Gasteiger partial charge in [0.1, 0.15) is 5.75 Å². The van der Waals surface area contributed by atoms with E-state index in [0.717, 1.165) is 11.3 Å². The molecule has 0 saturated carbocycles. The summed E-state index contributed by atoms with van der Waals surface area (Å²) in [7, 11) is 0. The summed E-state index contributed by atoms with van der Waals surface area (Å²) < 4.78 is 11.0. The number of likely N-dealkylation sites (tertiary alicyclic amines) is 1. The molecule has 0 spiro atoms. The summed E-state index contributed by atoms with van der Waals surface area (Å²) in [6, 6.07) is 15.1. The second-order valence-corrected chi connectivity index (χ2v) is 7.10. The highest BCUT2D eigenvalue weighted by molar-refractivity contribution is 6.33. The van der Waals surface area contributed by atoms with Gasteiger partial charge in [-0.15, -0.1) is 0 Å². The van der Waals surface area contributed by atoms with Crippen LogP contribution in [0, 0.1) is 0 Å². The second kappa shape index (κ2) is 8.02. The van der Waals surface area contributed by atoms with Gasteiger partial charge in [-0.1, -0.05) is 41.0 Å². The maximum atomic E-state index is 12.5. The minimum atomic E-state index is -0.119. The fraction of sp³-hybridized carbons (Fsp3) is 0.286. The topological polar surface area (TPSA) is 68.5 Å². The van der Waals surface area contributed by atoms with Crippen LogP contribution in [0.2, 0.25) is 5.02 Å². The number of hydrogen-bond donors (Lipinski definition) is 0. The molecule has 0 aliphatic carbocycles. The molecule has 144 valence electrons. The van der Waals surface area contributed by atoms with E-state index in [2.05, 4.69) is 10.1 Å².